The zero-order valence-corrected chi connectivity index (χ0v) is 20.5. The van der Waals surface area contributed by atoms with Gasteiger partial charge in [-0.25, -0.2) is 9.78 Å². The summed E-state index contributed by atoms with van der Waals surface area (Å²) >= 11 is 0. The summed E-state index contributed by atoms with van der Waals surface area (Å²) in [4.78, 5) is 28.6. The van der Waals surface area contributed by atoms with Gasteiger partial charge in [0.2, 0.25) is 6.41 Å². The number of aryl methyl sites for hydroxylation is 1. The van der Waals surface area contributed by atoms with Crippen molar-refractivity contribution in [1.29, 1.82) is 0 Å². The molecule has 1 aliphatic heterocycles. The van der Waals surface area contributed by atoms with E-state index in [1.807, 2.05) is 46.2 Å². The van der Waals surface area contributed by atoms with E-state index in [2.05, 4.69) is 41.5 Å². The maximum absolute atomic E-state index is 11.5. The molecule has 0 spiro atoms. The number of nitrogens with one attached hydrogen (secondary N) is 1. The number of nitrogens with zero attached hydrogens (tertiary/aromatic N) is 3. The van der Waals surface area contributed by atoms with Gasteiger partial charge in [-0.2, -0.15) is 0 Å². The molecule has 178 valence electrons. The molecule has 32 heavy (non-hydrogen) atoms. The number of hydrogen-bond donors (Lipinski definition) is 1. The minimum atomic E-state index is -0.448. The third-order valence-electron chi connectivity index (χ3n) is 5.13. The first-order valence-electron chi connectivity index (χ1n) is 11.2. The number of carbonyl (C=O) groups is 2. The molecule has 3 rings (SSSR count). The van der Waals surface area contributed by atoms with Crippen LogP contribution in [0.4, 0.5) is 4.79 Å². The minimum Gasteiger partial charge on any atom is -0.444 e. The number of carbonyl (C=O) groups excluding carboxylic acids is 2. The first-order valence-corrected chi connectivity index (χ1v) is 11.2. The van der Waals surface area contributed by atoms with E-state index in [1.165, 1.54) is 5.56 Å². The number of morpholine rings is 1. The van der Waals surface area contributed by atoms with Crippen molar-refractivity contribution in [3.05, 3.63) is 35.9 Å². The quantitative estimate of drug-likeness (QED) is 0.704. The summed E-state index contributed by atoms with van der Waals surface area (Å²) in [6.45, 7) is 16.5. The summed E-state index contributed by atoms with van der Waals surface area (Å²) in [5.74, 6) is 1.35. The third kappa shape index (κ3) is 6.95. The number of pyridine rings is 1. The van der Waals surface area contributed by atoms with Crippen LogP contribution in [-0.4, -0.2) is 58.7 Å². The molecule has 1 unspecified atom stereocenters. The lowest BCUT2D eigenvalue weighted by molar-refractivity contribution is -0.111. The summed E-state index contributed by atoms with van der Waals surface area (Å²) in [7, 11) is 0. The smallest absolute Gasteiger partial charge is 0.410 e. The van der Waals surface area contributed by atoms with Gasteiger partial charge in [-0.15, -0.1) is 0 Å². The highest BCUT2D eigenvalue weighted by molar-refractivity contribution is 5.68. The van der Waals surface area contributed by atoms with Crippen LogP contribution in [0.5, 0.6) is 0 Å². The molecule has 0 radical (unpaired) electrons. The molecule has 1 atom stereocenters. The Morgan fingerprint density at radius 1 is 1.28 bits per heavy atom. The molecule has 3 heterocycles. The molecule has 0 saturated carbocycles. The van der Waals surface area contributed by atoms with Gasteiger partial charge in [-0.05, 0) is 58.6 Å². The molecule has 8 nitrogen and oxygen atoms in total. The van der Waals surface area contributed by atoms with Gasteiger partial charge in [0, 0.05) is 19.3 Å². The van der Waals surface area contributed by atoms with Crippen LogP contribution in [0.1, 0.15) is 59.4 Å². The third-order valence-corrected chi connectivity index (χ3v) is 5.13. The van der Waals surface area contributed by atoms with Crippen molar-refractivity contribution >= 4 is 18.0 Å². The predicted molar refractivity (Wildman–Crippen MR) is 125 cm³/mol. The first-order chi connectivity index (χ1) is 15.0. The molecule has 0 aliphatic carbocycles. The van der Waals surface area contributed by atoms with Gasteiger partial charge in [0.05, 0.1) is 30.5 Å². The Morgan fingerprint density at radius 2 is 1.94 bits per heavy atom. The van der Waals surface area contributed by atoms with E-state index in [9.17, 15) is 9.59 Å². The van der Waals surface area contributed by atoms with Crippen molar-refractivity contribution in [2.45, 2.75) is 66.0 Å². The molecule has 2 amide bonds. The fourth-order valence-electron chi connectivity index (χ4n) is 3.80. The van der Waals surface area contributed by atoms with Gasteiger partial charge in [0.15, 0.2) is 0 Å². The van der Waals surface area contributed by atoms with Gasteiger partial charge in [-0.3, -0.25) is 4.79 Å². The first kappa shape index (κ1) is 25.6. The maximum Gasteiger partial charge on any atom is 0.410 e. The topological polar surface area (TPSA) is 85.2 Å². The second-order valence-electron chi connectivity index (χ2n) is 9.80. The standard InChI is InChI=1S/C15H21N3O.C9H17NO3/c1-11(2)8-15(4,17-10-19)14-16-9-13-12(3)6-5-7-18(13)14;1-9(2,3)13-8(11)10-4-6-12-7-5-10/h5-7,9-11H,8H2,1-4H3,(H,17,19);4-7H2,1-3H3. The van der Waals surface area contributed by atoms with Crippen LogP contribution in [-0.2, 0) is 19.8 Å². The molecule has 1 N–H and O–H groups in total. The molecule has 0 aromatic carbocycles. The molecule has 8 heteroatoms. The highest BCUT2D eigenvalue weighted by Crippen LogP contribution is 2.28. The van der Waals surface area contributed by atoms with Gasteiger partial charge in [0.25, 0.3) is 0 Å². The van der Waals surface area contributed by atoms with Crippen LogP contribution in [0.15, 0.2) is 24.5 Å². The van der Waals surface area contributed by atoms with Gasteiger partial charge < -0.3 is 24.1 Å². The van der Waals surface area contributed by atoms with Crippen molar-refractivity contribution in [2.24, 2.45) is 5.92 Å². The van der Waals surface area contributed by atoms with Crippen molar-refractivity contribution in [3.8, 4) is 0 Å². The molecular weight excluding hydrogens is 408 g/mol. The van der Waals surface area contributed by atoms with Gasteiger partial charge in [-0.1, -0.05) is 19.9 Å². The Labute approximate surface area is 191 Å². The fraction of sp³-hybridized carbons (Fsp3) is 0.625. The van der Waals surface area contributed by atoms with E-state index in [-0.39, 0.29) is 6.09 Å². The largest absolute Gasteiger partial charge is 0.444 e. The predicted octanol–water partition coefficient (Wildman–Crippen LogP) is 3.90. The van der Waals surface area contributed by atoms with Crippen LogP contribution >= 0.6 is 0 Å². The monoisotopic (exact) mass is 446 g/mol. The van der Waals surface area contributed by atoms with E-state index in [0.717, 1.165) is 24.2 Å². The summed E-state index contributed by atoms with van der Waals surface area (Å²) < 4.78 is 12.4. The second kappa shape index (κ2) is 10.8. The zero-order chi connectivity index (χ0) is 23.9. The van der Waals surface area contributed by atoms with Crippen molar-refractivity contribution in [3.63, 3.8) is 0 Å². The Hall–Kier alpha value is -2.61. The normalized spacial score (nSPS) is 16.2. The van der Waals surface area contributed by atoms with E-state index >= 15 is 0 Å². The maximum atomic E-state index is 11.5. The number of rotatable bonds is 5. The number of imidazole rings is 1. The van der Waals surface area contributed by atoms with Gasteiger partial charge in [0.1, 0.15) is 11.4 Å². The molecule has 2 aromatic heterocycles. The Balaban J connectivity index is 0.000000244. The Kier molecular flexibility index (Phi) is 8.66. The molecule has 1 aliphatic rings. The summed E-state index contributed by atoms with van der Waals surface area (Å²) in [5, 5.41) is 2.94. The lowest BCUT2D eigenvalue weighted by Crippen LogP contribution is -2.43. The minimum absolute atomic E-state index is 0.240. The summed E-state index contributed by atoms with van der Waals surface area (Å²) in [5.41, 5.74) is 1.41. The van der Waals surface area contributed by atoms with Crippen LogP contribution in [0.3, 0.4) is 0 Å². The molecule has 2 aromatic rings. The zero-order valence-electron chi connectivity index (χ0n) is 20.5. The van der Waals surface area contributed by atoms with Crippen LogP contribution in [0, 0.1) is 12.8 Å². The second-order valence-corrected chi connectivity index (χ2v) is 9.80. The molecular formula is C24H38N4O4. The van der Waals surface area contributed by atoms with E-state index in [4.69, 9.17) is 9.47 Å². The highest BCUT2D eigenvalue weighted by Gasteiger charge is 2.31. The van der Waals surface area contributed by atoms with E-state index in [0.29, 0.717) is 32.2 Å². The fourth-order valence-corrected chi connectivity index (χ4v) is 3.80. The van der Waals surface area contributed by atoms with Crippen LogP contribution in [0.25, 0.3) is 5.52 Å². The van der Waals surface area contributed by atoms with Crippen molar-refractivity contribution in [1.82, 2.24) is 19.6 Å². The molecule has 1 fully saturated rings. The lowest BCUT2D eigenvalue weighted by Gasteiger charge is -2.29. The van der Waals surface area contributed by atoms with Gasteiger partial charge >= 0.3 is 6.09 Å². The molecule has 0 bridgehead atoms. The summed E-state index contributed by atoms with van der Waals surface area (Å²) in [6, 6.07) is 4.07. The molecule has 1 saturated heterocycles. The van der Waals surface area contributed by atoms with Crippen molar-refractivity contribution in [2.75, 3.05) is 26.3 Å². The lowest BCUT2D eigenvalue weighted by atomic mass is 9.90. The number of hydrogen-bond acceptors (Lipinski definition) is 5. The van der Waals surface area contributed by atoms with Crippen LogP contribution < -0.4 is 5.32 Å². The Bertz CT molecular complexity index is 897. The SMILES string of the molecule is CC(C)(C)OC(=O)N1CCOCC1.Cc1cccn2c(C(C)(CC(C)C)NC=O)ncc12. The number of amides is 2. The highest BCUT2D eigenvalue weighted by atomic mass is 16.6. The average molecular weight is 447 g/mol. The number of fused-ring (bicyclic) bond motifs is 1. The van der Waals surface area contributed by atoms with E-state index < -0.39 is 11.1 Å². The number of aromatic nitrogens is 2. The van der Waals surface area contributed by atoms with E-state index in [1.54, 1.807) is 4.90 Å². The average Bonchev–Trinajstić information content (AvgIpc) is 3.14. The Morgan fingerprint density at radius 3 is 2.50 bits per heavy atom. The number of ether oxygens (including phenoxy) is 2. The summed E-state index contributed by atoms with van der Waals surface area (Å²) in [6.07, 6.45) is 5.24. The van der Waals surface area contributed by atoms with Crippen LogP contribution in [0.2, 0.25) is 0 Å². The van der Waals surface area contributed by atoms with Crippen molar-refractivity contribution < 1.29 is 19.1 Å².